The number of rotatable bonds is 0. The van der Waals surface area contributed by atoms with Crippen LogP contribution in [0, 0.1) is 17.3 Å². The molecule has 0 aromatic rings. The Morgan fingerprint density at radius 2 is 1.70 bits per heavy atom. The van der Waals surface area contributed by atoms with Crippen molar-refractivity contribution in [2.24, 2.45) is 17.3 Å². The van der Waals surface area contributed by atoms with Gasteiger partial charge in [0, 0.05) is 0 Å². The predicted octanol–water partition coefficient (Wildman–Crippen LogP) is 3.47. The lowest BCUT2D eigenvalue weighted by Gasteiger charge is -2.39. The van der Waals surface area contributed by atoms with E-state index in [-0.39, 0.29) is 0 Å². The maximum absolute atomic E-state index is 2.41. The van der Waals surface area contributed by atoms with E-state index in [1.54, 1.807) is 0 Å². The minimum atomic E-state index is 0.609. The molecule has 2 atom stereocenters. The summed E-state index contributed by atoms with van der Waals surface area (Å²) in [5.41, 5.74) is 0.609. The Bertz CT molecular complexity index is 113. The minimum Gasteiger partial charge on any atom is -0.0625 e. The third kappa shape index (κ3) is 1.53. The molecule has 0 radical (unpaired) electrons. The van der Waals surface area contributed by atoms with Crippen molar-refractivity contribution in [2.75, 3.05) is 0 Å². The van der Waals surface area contributed by atoms with E-state index in [0.717, 1.165) is 11.8 Å². The molecule has 1 saturated carbocycles. The van der Waals surface area contributed by atoms with Gasteiger partial charge >= 0.3 is 0 Å². The average Bonchev–Trinajstić information content (AvgIpc) is 1.78. The number of hydrogen-bond acceptors (Lipinski definition) is 0. The molecule has 0 aromatic heterocycles. The Labute approximate surface area is 65.0 Å². The van der Waals surface area contributed by atoms with Gasteiger partial charge in [-0.3, -0.25) is 0 Å². The Morgan fingerprint density at radius 3 is 2.10 bits per heavy atom. The van der Waals surface area contributed by atoms with Crippen molar-refractivity contribution in [1.82, 2.24) is 0 Å². The molecular formula is C10H20. The Morgan fingerprint density at radius 1 is 1.10 bits per heavy atom. The molecule has 1 aliphatic rings. The smallest absolute Gasteiger partial charge is 0.0326 e. The fourth-order valence-corrected chi connectivity index (χ4v) is 2.13. The molecule has 1 rings (SSSR count). The first kappa shape index (κ1) is 8.10. The van der Waals surface area contributed by atoms with Crippen molar-refractivity contribution in [1.29, 1.82) is 0 Å². The van der Waals surface area contributed by atoms with Crippen LogP contribution in [0.3, 0.4) is 0 Å². The minimum absolute atomic E-state index is 0.609. The van der Waals surface area contributed by atoms with E-state index in [2.05, 4.69) is 27.7 Å². The van der Waals surface area contributed by atoms with Crippen LogP contribution in [0.15, 0.2) is 0 Å². The van der Waals surface area contributed by atoms with Crippen molar-refractivity contribution >= 4 is 0 Å². The van der Waals surface area contributed by atoms with Crippen LogP contribution in [0.4, 0.5) is 0 Å². The highest BCUT2D eigenvalue weighted by atomic mass is 14.4. The second kappa shape index (κ2) is 2.56. The molecule has 0 amide bonds. The molecule has 1 fully saturated rings. The fourth-order valence-electron chi connectivity index (χ4n) is 2.13. The van der Waals surface area contributed by atoms with Crippen molar-refractivity contribution < 1.29 is 0 Å². The van der Waals surface area contributed by atoms with Crippen LogP contribution in [0.5, 0.6) is 0 Å². The summed E-state index contributed by atoms with van der Waals surface area (Å²) < 4.78 is 0. The predicted molar refractivity (Wildman–Crippen MR) is 46.0 cm³/mol. The summed E-state index contributed by atoms with van der Waals surface area (Å²) >= 11 is 0. The van der Waals surface area contributed by atoms with Crippen molar-refractivity contribution in [3.05, 3.63) is 0 Å². The van der Waals surface area contributed by atoms with Gasteiger partial charge in [-0.2, -0.15) is 0 Å². The first-order valence-electron chi connectivity index (χ1n) is 4.52. The summed E-state index contributed by atoms with van der Waals surface area (Å²) in [7, 11) is 0. The molecule has 0 nitrogen and oxygen atoms in total. The molecule has 10 heavy (non-hydrogen) atoms. The van der Waals surface area contributed by atoms with E-state index in [9.17, 15) is 0 Å². The molecular weight excluding hydrogens is 120 g/mol. The van der Waals surface area contributed by atoms with Gasteiger partial charge in [0.25, 0.3) is 0 Å². The van der Waals surface area contributed by atoms with Gasteiger partial charge in [-0.1, -0.05) is 34.1 Å². The molecule has 0 saturated heterocycles. The lowest BCUT2D eigenvalue weighted by molar-refractivity contribution is 0.115. The highest BCUT2D eigenvalue weighted by molar-refractivity contribution is 4.82. The van der Waals surface area contributed by atoms with Crippen LogP contribution >= 0.6 is 0 Å². The zero-order valence-electron chi connectivity index (χ0n) is 7.78. The molecule has 60 valence electrons. The molecule has 0 unspecified atom stereocenters. The van der Waals surface area contributed by atoms with Crippen LogP contribution < -0.4 is 0 Å². The molecule has 0 heteroatoms. The summed E-state index contributed by atoms with van der Waals surface area (Å²) in [6.45, 7) is 9.60. The normalized spacial score (nSPS) is 39.6. The van der Waals surface area contributed by atoms with Crippen LogP contribution in [-0.4, -0.2) is 0 Å². The van der Waals surface area contributed by atoms with Crippen LogP contribution in [0.2, 0.25) is 0 Å². The van der Waals surface area contributed by atoms with E-state index < -0.39 is 0 Å². The topological polar surface area (TPSA) is 0 Å². The van der Waals surface area contributed by atoms with Gasteiger partial charge in [0.05, 0.1) is 0 Å². The zero-order chi connectivity index (χ0) is 7.78. The SMILES string of the molecule is C[C@H]1CC[C@H](C)C(C)(C)C1. The van der Waals surface area contributed by atoms with Gasteiger partial charge in [0.1, 0.15) is 0 Å². The molecule has 0 heterocycles. The lowest BCUT2D eigenvalue weighted by Crippen LogP contribution is -2.29. The summed E-state index contributed by atoms with van der Waals surface area (Å²) in [5.74, 6) is 1.90. The maximum Gasteiger partial charge on any atom is -0.0326 e. The Hall–Kier alpha value is 0. The molecule has 0 aromatic carbocycles. The van der Waals surface area contributed by atoms with Crippen molar-refractivity contribution in [3.63, 3.8) is 0 Å². The van der Waals surface area contributed by atoms with Gasteiger partial charge in [0.15, 0.2) is 0 Å². The van der Waals surface area contributed by atoms with E-state index in [0.29, 0.717) is 5.41 Å². The summed E-state index contributed by atoms with van der Waals surface area (Å²) in [5, 5.41) is 0. The lowest BCUT2D eigenvalue weighted by atomic mass is 9.66. The average molecular weight is 140 g/mol. The summed E-state index contributed by atoms with van der Waals surface area (Å²) in [4.78, 5) is 0. The maximum atomic E-state index is 2.41. The second-order valence-corrected chi connectivity index (χ2v) is 4.78. The highest BCUT2D eigenvalue weighted by Crippen LogP contribution is 2.42. The third-order valence-electron chi connectivity index (χ3n) is 3.30. The summed E-state index contributed by atoms with van der Waals surface area (Å²) in [6, 6.07) is 0. The van der Waals surface area contributed by atoms with E-state index >= 15 is 0 Å². The quantitative estimate of drug-likeness (QED) is 0.483. The molecule has 0 aliphatic heterocycles. The summed E-state index contributed by atoms with van der Waals surface area (Å²) in [6.07, 6.45) is 4.31. The fraction of sp³-hybridized carbons (Fsp3) is 1.00. The van der Waals surface area contributed by atoms with Crippen LogP contribution in [0.25, 0.3) is 0 Å². The molecule has 0 bridgehead atoms. The third-order valence-corrected chi connectivity index (χ3v) is 3.30. The first-order chi connectivity index (χ1) is 4.52. The van der Waals surface area contributed by atoms with Gasteiger partial charge < -0.3 is 0 Å². The van der Waals surface area contributed by atoms with Gasteiger partial charge in [-0.05, 0) is 30.1 Å². The highest BCUT2D eigenvalue weighted by Gasteiger charge is 2.31. The molecule has 0 spiro atoms. The van der Waals surface area contributed by atoms with Gasteiger partial charge in [0.2, 0.25) is 0 Å². The standard InChI is InChI=1S/C10H20/c1-8-5-6-9(2)10(3,4)7-8/h8-9H,5-7H2,1-4H3/t8-,9-/m0/s1. The van der Waals surface area contributed by atoms with Crippen molar-refractivity contribution in [2.45, 2.75) is 47.0 Å². The van der Waals surface area contributed by atoms with Crippen molar-refractivity contribution in [3.8, 4) is 0 Å². The largest absolute Gasteiger partial charge is 0.0625 e. The van der Waals surface area contributed by atoms with E-state index in [1.165, 1.54) is 19.3 Å². The van der Waals surface area contributed by atoms with Crippen LogP contribution in [-0.2, 0) is 0 Å². The van der Waals surface area contributed by atoms with E-state index in [1.807, 2.05) is 0 Å². The Balaban J connectivity index is 2.55. The number of hydrogen-bond donors (Lipinski definition) is 0. The zero-order valence-corrected chi connectivity index (χ0v) is 7.78. The second-order valence-electron chi connectivity index (χ2n) is 4.78. The van der Waals surface area contributed by atoms with Gasteiger partial charge in [-0.15, -0.1) is 0 Å². The monoisotopic (exact) mass is 140 g/mol. The van der Waals surface area contributed by atoms with E-state index in [4.69, 9.17) is 0 Å². The van der Waals surface area contributed by atoms with Crippen LogP contribution in [0.1, 0.15) is 47.0 Å². The Kier molecular flexibility index (Phi) is 2.07. The molecule has 1 aliphatic carbocycles. The first-order valence-corrected chi connectivity index (χ1v) is 4.52. The molecule has 0 N–H and O–H groups in total. The van der Waals surface area contributed by atoms with Gasteiger partial charge in [-0.25, -0.2) is 0 Å².